The number of amides is 1. The van der Waals surface area contributed by atoms with Crippen LogP contribution in [-0.4, -0.2) is 19.5 Å². The highest BCUT2D eigenvalue weighted by molar-refractivity contribution is 6.36. The zero-order chi connectivity index (χ0) is 16.1. The minimum Gasteiger partial charge on any atom is -0.326 e. The van der Waals surface area contributed by atoms with E-state index in [2.05, 4.69) is 5.32 Å². The maximum Gasteiger partial charge on any atom is 0.279 e. The Bertz CT molecular complexity index is 676. The van der Waals surface area contributed by atoms with Gasteiger partial charge >= 0.3 is 0 Å². The third kappa shape index (κ3) is 5.18. The smallest absolute Gasteiger partial charge is 0.279 e. The Morgan fingerprint density at radius 3 is 2.50 bits per heavy atom. The van der Waals surface area contributed by atoms with Gasteiger partial charge in [-0.2, -0.15) is 0 Å². The minimum absolute atomic E-state index is 0.108. The molecule has 2 aromatic rings. The summed E-state index contributed by atoms with van der Waals surface area (Å²) in [7, 11) is 1.95. The van der Waals surface area contributed by atoms with Gasteiger partial charge in [0.2, 0.25) is 0 Å². The summed E-state index contributed by atoms with van der Waals surface area (Å²) < 4.78 is 0. The number of benzene rings is 2. The van der Waals surface area contributed by atoms with E-state index in [9.17, 15) is 4.79 Å². The number of rotatable bonds is 5. The van der Waals surface area contributed by atoms with Crippen LogP contribution >= 0.6 is 34.8 Å². The third-order valence-electron chi connectivity index (χ3n) is 3.06. The first kappa shape index (κ1) is 17.1. The van der Waals surface area contributed by atoms with E-state index in [0.29, 0.717) is 33.8 Å². The Kier molecular flexibility index (Phi) is 6.09. The summed E-state index contributed by atoms with van der Waals surface area (Å²) >= 11 is 17.8. The van der Waals surface area contributed by atoms with Crippen molar-refractivity contribution in [3.8, 4) is 0 Å². The van der Waals surface area contributed by atoms with Gasteiger partial charge < -0.3 is 10.2 Å². The zero-order valence-corrected chi connectivity index (χ0v) is 14.3. The molecular weight excluding hydrogens is 343 g/mol. The lowest BCUT2D eigenvalue weighted by Crippen LogP contribution is -3.08. The second-order valence-corrected chi connectivity index (χ2v) is 6.39. The predicted octanol–water partition coefficient (Wildman–Crippen LogP) is 3.30. The lowest BCUT2D eigenvalue weighted by molar-refractivity contribution is -0.885. The Balaban J connectivity index is 1.91. The van der Waals surface area contributed by atoms with Gasteiger partial charge in [0.25, 0.3) is 5.91 Å². The van der Waals surface area contributed by atoms with Crippen LogP contribution in [-0.2, 0) is 11.3 Å². The molecule has 0 saturated heterocycles. The third-order valence-corrected chi connectivity index (χ3v) is 3.85. The summed E-state index contributed by atoms with van der Waals surface area (Å²) in [6.45, 7) is 1.04. The predicted molar refractivity (Wildman–Crippen MR) is 92.0 cm³/mol. The highest BCUT2D eigenvalue weighted by atomic mass is 35.5. The molecule has 1 atom stereocenters. The Morgan fingerprint density at radius 1 is 1.09 bits per heavy atom. The highest BCUT2D eigenvalue weighted by Crippen LogP contribution is 2.25. The molecule has 6 heteroatoms. The zero-order valence-electron chi connectivity index (χ0n) is 12.0. The van der Waals surface area contributed by atoms with Crippen LogP contribution in [0.4, 0.5) is 5.69 Å². The largest absolute Gasteiger partial charge is 0.326 e. The molecule has 0 fully saturated rings. The second kappa shape index (κ2) is 7.84. The number of hydrogen-bond acceptors (Lipinski definition) is 1. The first-order valence-corrected chi connectivity index (χ1v) is 7.88. The molecule has 0 aliphatic carbocycles. The first-order valence-electron chi connectivity index (χ1n) is 6.74. The molecule has 22 heavy (non-hydrogen) atoms. The van der Waals surface area contributed by atoms with Crippen LogP contribution in [0.3, 0.4) is 0 Å². The number of quaternary nitrogens is 1. The highest BCUT2D eigenvalue weighted by Gasteiger charge is 2.12. The van der Waals surface area contributed by atoms with E-state index < -0.39 is 0 Å². The molecule has 0 aromatic heterocycles. The van der Waals surface area contributed by atoms with Gasteiger partial charge in [-0.1, -0.05) is 46.9 Å². The number of anilines is 1. The van der Waals surface area contributed by atoms with Gasteiger partial charge in [0.1, 0.15) is 6.54 Å². The molecule has 0 heterocycles. The Morgan fingerprint density at radius 2 is 1.82 bits per heavy atom. The minimum atomic E-state index is -0.108. The molecule has 0 radical (unpaired) electrons. The standard InChI is InChI=1S/C16H15Cl3N2O/c1-21(9-11-3-2-4-12(17)7-11)10-16(22)20-15-6-5-13(18)8-14(15)19/h2-8H,9-10H2,1H3,(H,20,22)/p+1. The fourth-order valence-corrected chi connectivity index (χ4v) is 2.79. The van der Waals surface area contributed by atoms with Crippen LogP contribution < -0.4 is 10.2 Å². The van der Waals surface area contributed by atoms with Gasteiger partial charge in [-0.05, 0) is 30.3 Å². The first-order chi connectivity index (χ1) is 10.4. The molecule has 0 spiro atoms. The molecule has 3 nitrogen and oxygen atoms in total. The fraction of sp³-hybridized carbons (Fsp3) is 0.188. The van der Waals surface area contributed by atoms with E-state index in [-0.39, 0.29) is 5.91 Å². The van der Waals surface area contributed by atoms with Crippen LogP contribution in [0, 0.1) is 0 Å². The maximum absolute atomic E-state index is 12.1. The van der Waals surface area contributed by atoms with Crippen molar-refractivity contribution in [2.45, 2.75) is 6.54 Å². The van der Waals surface area contributed by atoms with Crippen molar-refractivity contribution in [3.63, 3.8) is 0 Å². The van der Waals surface area contributed by atoms with E-state index in [4.69, 9.17) is 34.8 Å². The maximum atomic E-state index is 12.1. The molecule has 1 amide bonds. The second-order valence-electron chi connectivity index (χ2n) is 5.11. The lowest BCUT2D eigenvalue weighted by Gasteiger charge is -2.14. The van der Waals surface area contributed by atoms with Crippen LogP contribution in [0.1, 0.15) is 5.56 Å². The molecule has 116 valence electrons. The van der Waals surface area contributed by atoms with Crippen molar-refractivity contribution in [1.29, 1.82) is 0 Å². The molecule has 0 aliphatic rings. The summed E-state index contributed by atoms with van der Waals surface area (Å²) in [5.41, 5.74) is 1.65. The average molecular weight is 359 g/mol. The van der Waals surface area contributed by atoms with E-state index in [1.165, 1.54) is 0 Å². The average Bonchev–Trinajstić information content (AvgIpc) is 2.41. The van der Waals surface area contributed by atoms with Crippen molar-refractivity contribution in [1.82, 2.24) is 0 Å². The van der Waals surface area contributed by atoms with Crippen LogP contribution in [0.2, 0.25) is 15.1 Å². The number of nitrogens with one attached hydrogen (secondary N) is 2. The van der Waals surface area contributed by atoms with Gasteiger partial charge in [-0.25, -0.2) is 0 Å². The summed E-state index contributed by atoms with van der Waals surface area (Å²) in [5, 5.41) is 4.44. The molecule has 2 N–H and O–H groups in total. The van der Waals surface area contributed by atoms with E-state index >= 15 is 0 Å². The van der Waals surface area contributed by atoms with E-state index in [1.807, 2.05) is 31.3 Å². The Hall–Kier alpha value is -1.26. The quantitative estimate of drug-likeness (QED) is 0.845. The molecule has 2 aromatic carbocycles. The molecule has 1 unspecified atom stereocenters. The molecular formula is C16H16Cl3N2O+. The molecule has 0 aliphatic heterocycles. The molecule has 0 saturated carbocycles. The van der Waals surface area contributed by atoms with Gasteiger partial charge in [-0.15, -0.1) is 0 Å². The lowest BCUT2D eigenvalue weighted by atomic mass is 10.2. The number of halogens is 3. The Labute approximate surface area is 144 Å². The van der Waals surface area contributed by atoms with Crippen molar-refractivity contribution in [2.24, 2.45) is 0 Å². The van der Waals surface area contributed by atoms with Gasteiger partial charge in [0.15, 0.2) is 6.54 Å². The topological polar surface area (TPSA) is 33.5 Å². The molecule has 0 bridgehead atoms. The number of carbonyl (C=O) groups excluding carboxylic acids is 1. The summed E-state index contributed by atoms with van der Waals surface area (Å²) in [6, 6.07) is 12.6. The van der Waals surface area contributed by atoms with Crippen LogP contribution in [0.25, 0.3) is 0 Å². The van der Waals surface area contributed by atoms with Crippen LogP contribution in [0.15, 0.2) is 42.5 Å². The van der Waals surface area contributed by atoms with Crippen molar-refractivity contribution in [3.05, 3.63) is 63.1 Å². The monoisotopic (exact) mass is 357 g/mol. The number of carbonyl (C=O) groups is 1. The van der Waals surface area contributed by atoms with E-state index in [1.54, 1.807) is 18.2 Å². The summed E-state index contributed by atoms with van der Waals surface area (Å²) in [4.78, 5) is 13.1. The van der Waals surface area contributed by atoms with Gasteiger partial charge in [0, 0.05) is 15.6 Å². The molecule has 2 rings (SSSR count). The summed E-state index contributed by atoms with van der Waals surface area (Å²) in [5.74, 6) is -0.108. The number of hydrogen-bond donors (Lipinski definition) is 2. The SMILES string of the molecule is C[NH+](CC(=O)Nc1ccc(Cl)cc1Cl)Cc1cccc(Cl)c1. The van der Waals surface area contributed by atoms with E-state index in [0.717, 1.165) is 10.5 Å². The van der Waals surface area contributed by atoms with Crippen molar-refractivity contribution < 1.29 is 9.69 Å². The van der Waals surface area contributed by atoms with Crippen LogP contribution in [0.5, 0.6) is 0 Å². The normalized spacial score (nSPS) is 12.0. The van der Waals surface area contributed by atoms with Crippen molar-refractivity contribution in [2.75, 3.05) is 18.9 Å². The van der Waals surface area contributed by atoms with Crippen molar-refractivity contribution >= 4 is 46.4 Å². The fourth-order valence-electron chi connectivity index (χ4n) is 2.12. The summed E-state index contributed by atoms with van der Waals surface area (Å²) in [6.07, 6.45) is 0. The number of likely N-dealkylation sites (N-methyl/N-ethyl adjacent to an activating group) is 1. The van der Waals surface area contributed by atoms with Gasteiger partial charge in [-0.3, -0.25) is 4.79 Å². The van der Waals surface area contributed by atoms with Gasteiger partial charge in [0.05, 0.1) is 17.8 Å².